The summed E-state index contributed by atoms with van der Waals surface area (Å²) in [5, 5.41) is 0. The van der Waals surface area contributed by atoms with Gasteiger partial charge in [-0.25, -0.2) is 0 Å². The van der Waals surface area contributed by atoms with Crippen molar-refractivity contribution in [2.75, 3.05) is 26.2 Å². The van der Waals surface area contributed by atoms with E-state index < -0.39 is 7.26 Å². The number of hydrogen-bond donors (Lipinski definition) is 0. The van der Waals surface area contributed by atoms with Crippen molar-refractivity contribution < 1.29 is 4.70 Å². The molecule has 0 aliphatic heterocycles. The molecule has 0 bridgehead atoms. The molecule has 0 fully saturated rings. The molecule has 0 N–H and O–H groups in total. The predicted molar refractivity (Wildman–Crippen MR) is 35.2 cm³/mol. The molecule has 7 heavy (non-hydrogen) atoms. The third-order valence-corrected chi connectivity index (χ3v) is 2.85. The maximum Gasteiger partial charge on any atom is 0.0558 e. The van der Waals surface area contributed by atoms with Gasteiger partial charge in [0.05, 0.1) is 6.16 Å². The minimum atomic E-state index is -0.397. The lowest BCUT2D eigenvalue weighted by atomic mass is 11.0. The van der Waals surface area contributed by atoms with E-state index in [4.69, 9.17) is 0 Å². The summed E-state index contributed by atoms with van der Waals surface area (Å²) in [5.74, 6) is 0. The third kappa shape index (κ3) is 10.7. The molecule has 0 spiro atoms. The van der Waals surface area contributed by atoms with Gasteiger partial charge in [0, 0.05) is 27.3 Å². The molecule has 0 aromatic heterocycles. The van der Waals surface area contributed by atoms with E-state index in [1.54, 1.807) is 0 Å². The summed E-state index contributed by atoms with van der Waals surface area (Å²) in [6, 6.07) is 0. The highest BCUT2D eigenvalue weighted by Crippen LogP contribution is 2.45. The quantitative estimate of drug-likeness (QED) is 0.390. The van der Waals surface area contributed by atoms with E-state index >= 15 is 0 Å². The Balaban J connectivity index is 0. The van der Waals surface area contributed by atoms with Gasteiger partial charge in [-0.2, -0.15) is 0 Å². The van der Waals surface area contributed by atoms with Crippen molar-refractivity contribution in [1.29, 1.82) is 0 Å². The van der Waals surface area contributed by atoms with E-state index in [0.717, 1.165) is 0 Å². The van der Waals surface area contributed by atoms with Gasteiger partial charge in [-0.05, 0) is 6.92 Å². The molecule has 0 saturated carbocycles. The van der Waals surface area contributed by atoms with Gasteiger partial charge in [-0.3, -0.25) is 0 Å². The Labute approximate surface area is 46.0 Å². The molecule has 2 heteroatoms. The van der Waals surface area contributed by atoms with Crippen LogP contribution in [-0.2, 0) is 0 Å². The van der Waals surface area contributed by atoms with E-state index in [-0.39, 0.29) is 4.70 Å². The number of hydrogen-bond acceptors (Lipinski definition) is 0. The van der Waals surface area contributed by atoms with Crippen LogP contribution in [0.4, 0.5) is 0 Å². The maximum absolute atomic E-state index is 2.35. The fourth-order valence-electron chi connectivity index (χ4n) is 0. The van der Waals surface area contributed by atoms with Crippen LogP contribution in [0, 0.1) is 0 Å². The van der Waals surface area contributed by atoms with Crippen molar-refractivity contribution in [3.05, 3.63) is 0 Å². The Bertz CT molecular complexity index is 37.8. The van der Waals surface area contributed by atoms with Crippen LogP contribution < -0.4 is 4.70 Å². The molecule has 0 amide bonds. The summed E-state index contributed by atoms with van der Waals surface area (Å²) < 4.78 is 0. The Hall–Kier alpha value is 0.360. The Morgan fingerprint density at radius 1 is 1.14 bits per heavy atom. The second-order valence-electron chi connectivity index (χ2n) is 2.61. The van der Waals surface area contributed by atoms with Gasteiger partial charge in [-0.1, -0.05) is 0 Å². The molecule has 0 nitrogen and oxygen atoms in total. The number of halogens is 1. The van der Waals surface area contributed by atoms with Gasteiger partial charge < -0.3 is 4.70 Å². The van der Waals surface area contributed by atoms with E-state index in [9.17, 15) is 0 Å². The van der Waals surface area contributed by atoms with Crippen LogP contribution in [0.5, 0.6) is 0 Å². The topological polar surface area (TPSA) is 0 Å². The highest BCUT2D eigenvalue weighted by Gasteiger charge is 2.10. The maximum atomic E-state index is 2.35. The predicted octanol–water partition coefficient (Wildman–Crippen LogP) is -1.08. The van der Waals surface area contributed by atoms with Crippen molar-refractivity contribution in [2.45, 2.75) is 6.92 Å². The van der Waals surface area contributed by atoms with Gasteiger partial charge >= 0.3 is 0 Å². The molecule has 0 radical (unpaired) electrons. The van der Waals surface area contributed by atoms with Crippen LogP contribution in [0.1, 0.15) is 6.92 Å². The van der Waals surface area contributed by atoms with Gasteiger partial charge in [0.25, 0.3) is 0 Å². The first-order valence-electron chi connectivity index (χ1n) is 2.36. The summed E-state index contributed by atoms with van der Waals surface area (Å²) in [4.78, 5) is 0. The highest BCUT2D eigenvalue weighted by molar-refractivity contribution is 7.73. The van der Waals surface area contributed by atoms with E-state index in [0.29, 0.717) is 0 Å². The van der Waals surface area contributed by atoms with Crippen LogP contribution in [-0.4, -0.2) is 26.2 Å². The zero-order chi connectivity index (χ0) is 5.21. The summed E-state index contributed by atoms with van der Waals surface area (Å²) in [6.07, 6.45) is 1.38. The van der Waals surface area contributed by atoms with Gasteiger partial charge in [0.15, 0.2) is 0 Å². The lowest BCUT2D eigenvalue weighted by Crippen LogP contribution is -3.00. The molecule has 0 aromatic carbocycles. The first kappa shape index (κ1) is 10.4. The fraction of sp³-hybridized carbons (Fsp3) is 1.00. The molecular weight excluding hydrogens is 110 g/mol. The smallest absolute Gasteiger partial charge is 0.0558 e. The van der Waals surface area contributed by atoms with Crippen molar-refractivity contribution in [3.8, 4) is 0 Å². The van der Waals surface area contributed by atoms with Crippen LogP contribution >= 0.6 is 7.26 Å². The average molecular weight is 124 g/mol. The highest BCUT2D eigenvalue weighted by atomic mass is 31.2. The van der Waals surface area contributed by atoms with Crippen LogP contribution in [0.3, 0.4) is 0 Å². The summed E-state index contributed by atoms with van der Waals surface area (Å²) in [7, 11) is -0.397. The first-order valence-corrected chi connectivity index (χ1v) is 5.68. The van der Waals surface area contributed by atoms with Gasteiger partial charge in [0.2, 0.25) is 0 Å². The minimum absolute atomic E-state index is 0. The lowest BCUT2D eigenvalue weighted by molar-refractivity contribution is -0.00000166. The summed E-state index contributed by atoms with van der Waals surface area (Å²) in [6.45, 7) is 9.32. The normalized spacial score (nSPS) is 10.3. The second-order valence-corrected chi connectivity index (χ2v) is 7.82. The molecule has 0 aliphatic carbocycles. The summed E-state index contributed by atoms with van der Waals surface area (Å²) in [5.41, 5.74) is 0. The van der Waals surface area contributed by atoms with E-state index in [1.807, 2.05) is 0 Å². The zero-order valence-electron chi connectivity index (χ0n) is 5.53. The lowest BCUT2D eigenvalue weighted by Gasteiger charge is -2.05. The van der Waals surface area contributed by atoms with Crippen LogP contribution in [0.15, 0.2) is 0 Å². The Morgan fingerprint density at radius 3 is 1.29 bits per heavy atom. The Morgan fingerprint density at radius 2 is 1.29 bits per heavy atom. The first-order chi connectivity index (χ1) is 2.56. The molecule has 0 saturated heterocycles. The molecule has 0 rings (SSSR count). The molecule has 0 unspecified atom stereocenters. The van der Waals surface area contributed by atoms with E-state index in [2.05, 4.69) is 26.9 Å². The van der Waals surface area contributed by atoms with E-state index in [1.165, 1.54) is 6.16 Å². The molecule has 0 aromatic rings. The largest absolute Gasteiger partial charge is 1.00 e. The average Bonchev–Trinajstić information content (AvgIpc) is 1.35. The zero-order valence-corrected chi connectivity index (χ0v) is 6.43. The van der Waals surface area contributed by atoms with Crippen molar-refractivity contribution in [2.24, 2.45) is 0 Å². The number of rotatable bonds is 1. The molecule has 46 valence electrons. The molecular formula is C5H14FP. The standard InChI is InChI=1S/C5H14P.FH/c1-5-6(2,3)4;/h5H2,1-4H3;1H/q+1;/p-1. The fourth-order valence-corrected chi connectivity index (χ4v) is 0. The minimum Gasteiger partial charge on any atom is -1.00 e. The van der Waals surface area contributed by atoms with Crippen molar-refractivity contribution in [3.63, 3.8) is 0 Å². The van der Waals surface area contributed by atoms with Gasteiger partial charge in [-0.15, -0.1) is 0 Å². The van der Waals surface area contributed by atoms with Crippen LogP contribution in [0.25, 0.3) is 0 Å². The van der Waals surface area contributed by atoms with Crippen LogP contribution in [0.2, 0.25) is 0 Å². The third-order valence-electron chi connectivity index (χ3n) is 0.949. The molecule has 0 heterocycles. The monoisotopic (exact) mass is 124 g/mol. The molecule has 0 aliphatic rings. The van der Waals surface area contributed by atoms with Crippen molar-refractivity contribution in [1.82, 2.24) is 0 Å². The summed E-state index contributed by atoms with van der Waals surface area (Å²) >= 11 is 0. The molecule has 0 atom stereocenters. The van der Waals surface area contributed by atoms with Crippen molar-refractivity contribution >= 4 is 7.26 Å². The van der Waals surface area contributed by atoms with Gasteiger partial charge in [0.1, 0.15) is 0 Å². The second kappa shape index (κ2) is 3.37. The Kier molecular flexibility index (Phi) is 4.99. The SMILES string of the molecule is CC[P+](C)(C)C.[F-].